The first kappa shape index (κ1) is 18.1. The van der Waals surface area contributed by atoms with Crippen LogP contribution in [0.1, 0.15) is 37.4 Å². The molecule has 0 saturated carbocycles. The van der Waals surface area contributed by atoms with Crippen LogP contribution >= 0.6 is 0 Å². The summed E-state index contributed by atoms with van der Waals surface area (Å²) < 4.78 is 16.6. The number of carbonyl (C=O) groups is 1. The standard InChI is InChI=1S/C21H25NO4/c1-3-24-18-8-4-16(5-9-18)6-11-21(23)22-15(2)17-7-10-19-20(14-17)26-13-12-25-19/h4-5,7-10,14-15H,3,6,11-13H2,1-2H3,(H,22,23). The van der Waals surface area contributed by atoms with E-state index in [0.717, 1.165) is 28.4 Å². The molecule has 138 valence electrons. The molecular weight excluding hydrogens is 330 g/mol. The predicted octanol–water partition coefficient (Wildman–Crippen LogP) is 3.67. The molecule has 0 aromatic heterocycles. The second kappa shape index (κ2) is 8.61. The Morgan fingerprint density at radius 2 is 1.85 bits per heavy atom. The summed E-state index contributed by atoms with van der Waals surface area (Å²) in [5, 5.41) is 3.04. The predicted molar refractivity (Wildman–Crippen MR) is 99.9 cm³/mol. The van der Waals surface area contributed by atoms with Gasteiger partial charge in [-0.25, -0.2) is 0 Å². The number of fused-ring (bicyclic) bond motifs is 1. The third kappa shape index (κ3) is 4.69. The van der Waals surface area contributed by atoms with Crippen molar-refractivity contribution in [3.8, 4) is 17.2 Å². The number of hydrogen-bond donors (Lipinski definition) is 1. The Balaban J connectivity index is 1.51. The van der Waals surface area contributed by atoms with Gasteiger partial charge in [-0.3, -0.25) is 4.79 Å². The van der Waals surface area contributed by atoms with Crippen LogP contribution in [0, 0.1) is 0 Å². The van der Waals surface area contributed by atoms with Crippen LogP contribution in [0.3, 0.4) is 0 Å². The van der Waals surface area contributed by atoms with Crippen LogP contribution in [-0.2, 0) is 11.2 Å². The fourth-order valence-electron chi connectivity index (χ4n) is 2.90. The normalized spacial score (nSPS) is 13.8. The van der Waals surface area contributed by atoms with Crippen molar-refractivity contribution in [2.45, 2.75) is 32.7 Å². The number of nitrogens with one attached hydrogen (secondary N) is 1. The SMILES string of the molecule is CCOc1ccc(CCC(=O)NC(C)c2ccc3c(c2)OCCO3)cc1. The summed E-state index contributed by atoms with van der Waals surface area (Å²) in [6.07, 6.45) is 1.15. The summed E-state index contributed by atoms with van der Waals surface area (Å²) in [6.45, 7) is 5.71. The second-order valence-electron chi connectivity index (χ2n) is 6.27. The Kier molecular flexibility index (Phi) is 6.00. The molecule has 2 aromatic rings. The number of benzene rings is 2. The number of rotatable bonds is 7. The van der Waals surface area contributed by atoms with Gasteiger partial charge in [-0.1, -0.05) is 18.2 Å². The topological polar surface area (TPSA) is 56.8 Å². The Bertz CT molecular complexity index is 742. The van der Waals surface area contributed by atoms with Gasteiger partial charge in [0.2, 0.25) is 5.91 Å². The average Bonchev–Trinajstić information content (AvgIpc) is 2.67. The summed E-state index contributed by atoms with van der Waals surface area (Å²) in [4.78, 5) is 12.3. The summed E-state index contributed by atoms with van der Waals surface area (Å²) in [7, 11) is 0. The highest BCUT2D eigenvalue weighted by molar-refractivity contribution is 5.76. The van der Waals surface area contributed by atoms with E-state index in [-0.39, 0.29) is 11.9 Å². The number of aryl methyl sites for hydroxylation is 1. The van der Waals surface area contributed by atoms with Gasteiger partial charge >= 0.3 is 0 Å². The fraction of sp³-hybridized carbons (Fsp3) is 0.381. The molecule has 5 nitrogen and oxygen atoms in total. The molecule has 0 bridgehead atoms. The molecule has 1 atom stereocenters. The minimum absolute atomic E-state index is 0.0290. The van der Waals surface area contributed by atoms with Gasteiger partial charge < -0.3 is 19.5 Å². The lowest BCUT2D eigenvalue weighted by Gasteiger charge is -2.21. The van der Waals surface area contributed by atoms with Crippen LogP contribution < -0.4 is 19.5 Å². The zero-order valence-corrected chi connectivity index (χ0v) is 15.3. The summed E-state index contributed by atoms with van der Waals surface area (Å²) in [6, 6.07) is 13.6. The van der Waals surface area contributed by atoms with E-state index in [1.807, 2.05) is 56.3 Å². The first-order valence-electron chi connectivity index (χ1n) is 9.06. The molecule has 2 aromatic carbocycles. The van der Waals surface area contributed by atoms with Gasteiger partial charge in [0, 0.05) is 6.42 Å². The Morgan fingerprint density at radius 1 is 1.12 bits per heavy atom. The van der Waals surface area contributed by atoms with E-state index in [9.17, 15) is 4.79 Å². The molecule has 0 aliphatic carbocycles. The minimum atomic E-state index is -0.0846. The van der Waals surface area contributed by atoms with E-state index in [0.29, 0.717) is 32.7 Å². The number of ether oxygens (including phenoxy) is 3. The molecule has 1 unspecified atom stereocenters. The lowest BCUT2D eigenvalue weighted by Crippen LogP contribution is -2.27. The Labute approximate surface area is 154 Å². The Hall–Kier alpha value is -2.69. The molecule has 1 aliphatic rings. The lowest BCUT2D eigenvalue weighted by molar-refractivity contribution is -0.121. The third-order valence-corrected chi connectivity index (χ3v) is 4.32. The van der Waals surface area contributed by atoms with Crippen molar-refractivity contribution in [1.82, 2.24) is 5.32 Å². The van der Waals surface area contributed by atoms with Crippen molar-refractivity contribution >= 4 is 5.91 Å². The molecule has 1 amide bonds. The van der Waals surface area contributed by atoms with Gasteiger partial charge in [-0.15, -0.1) is 0 Å². The van der Waals surface area contributed by atoms with Gasteiger partial charge in [0.05, 0.1) is 12.6 Å². The zero-order valence-electron chi connectivity index (χ0n) is 15.3. The van der Waals surface area contributed by atoms with E-state index < -0.39 is 0 Å². The molecule has 0 radical (unpaired) electrons. The van der Waals surface area contributed by atoms with Gasteiger partial charge in [-0.05, 0) is 55.7 Å². The number of carbonyl (C=O) groups excluding carboxylic acids is 1. The summed E-state index contributed by atoms with van der Waals surface area (Å²) in [5.41, 5.74) is 2.12. The minimum Gasteiger partial charge on any atom is -0.494 e. The fourth-order valence-corrected chi connectivity index (χ4v) is 2.90. The largest absolute Gasteiger partial charge is 0.494 e. The molecule has 26 heavy (non-hydrogen) atoms. The van der Waals surface area contributed by atoms with Crippen molar-refractivity contribution in [2.24, 2.45) is 0 Å². The maximum atomic E-state index is 12.3. The highest BCUT2D eigenvalue weighted by atomic mass is 16.6. The molecular formula is C21H25NO4. The number of amides is 1. The van der Waals surface area contributed by atoms with Crippen LogP contribution in [0.4, 0.5) is 0 Å². The van der Waals surface area contributed by atoms with Gasteiger partial charge in [0.1, 0.15) is 19.0 Å². The van der Waals surface area contributed by atoms with Crippen LogP contribution in [0.5, 0.6) is 17.2 Å². The highest BCUT2D eigenvalue weighted by Gasteiger charge is 2.15. The second-order valence-corrected chi connectivity index (χ2v) is 6.27. The van der Waals surface area contributed by atoms with Crippen LogP contribution in [0.15, 0.2) is 42.5 Å². The third-order valence-electron chi connectivity index (χ3n) is 4.32. The van der Waals surface area contributed by atoms with Gasteiger partial charge in [0.25, 0.3) is 0 Å². The van der Waals surface area contributed by atoms with E-state index in [4.69, 9.17) is 14.2 Å². The zero-order chi connectivity index (χ0) is 18.4. The average molecular weight is 355 g/mol. The first-order chi connectivity index (χ1) is 12.7. The molecule has 0 fully saturated rings. The first-order valence-corrected chi connectivity index (χ1v) is 9.06. The van der Waals surface area contributed by atoms with Crippen molar-refractivity contribution in [3.05, 3.63) is 53.6 Å². The molecule has 1 aliphatic heterocycles. The van der Waals surface area contributed by atoms with E-state index in [1.54, 1.807) is 0 Å². The maximum absolute atomic E-state index is 12.3. The van der Waals surface area contributed by atoms with Gasteiger partial charge in [0.15, 0.2) is 11.5 Å². The smallest absolute Gasteiger partial charge is 0.220 e. The molecule has 0 spiro atoms. The lowest BCUT2D eigenvalue weighted by atomic mass is 10.1. The van der Waals surface area contributed by atoms with E-state index in [1.165, 1.54) is 0 Å². The maximum Gasteiger partial charge on any atom is 0.220 e. The summed E-state index contributed by atoms with van der Waals surface area (Å²) >= 11 is 0. The molecule has 5 heteroatoms. The van der Waals surface area contributed by atoms with Crippen LogP contribution in [-0.4, -0.2) is 25.7 Å². The molecule has 1 heterocycles. The van der Waals surface area contributed by atoms with Crippen molar-refractivity contribution in [1.29, 1.82) is 0 Å². The molecule has 0 saturated heterocycles. The highest BCUT2D eigenvalue weighted by Crippen LogP contribution is 2.32. The summed E-state index contributed by atoms with van der Waals surface area (Å²) in [5.74, 6) is 2.38. The monoisotopic (exact) mass is 355 g/mol. The number of hydrogen-bond acceptors (Lipinski definition) is 4. The molecule has 3 rings (SSSR count). The quantitative estimate of drug-likeness (QED) is 0.823. The van der Waals surface area contributed by atoms with Crippen molar-refractivity contribution < 1.29 is 19.0 Å². The van der Waals surface area contributed by atoms with E-state index in [2.05, 4.69) is 5.32 Å². The van der Waals surface area contributed by atoms with Crippen molar-refractivity contribution in [2.75, 3.05) is 19.8 Å². The van der Waals surface area contributed by atoms with Crippen LogP contribution in [0.2, 0.25) is 0 Å². The van der Waals surface area contributed by atoms with Gasteiger partial charge in [-0.2, -0.15) is 0 Å². The van der Waals surface area contributed by atoms with Crippen LogP contribution in [0.25, 0.3) is 0 Å². The molecule has 1 N–H and O–H groups in total. The van der Waals surface area contributed by atoms with E-state index >= 15 is 0 Å². The Morgan fingerprint density at radius 3 is 2.58 bits per heavy atom. The van der Waals surface area contributed by atoms with Crippen molar-refractivity contribution in [3.63, 3.8) is 0 Å².